The number of amides is 1. The summed E-state index contributed by atoms with van der Waals surface area (Å²) in [6.07, 6.45) is 6.45. The minimum Gasteiger partial charge on any atom is -0.507 e. The zero-order valence-corrected chi connectivity index (χ0v) is 17.0. The Hall–Kier alpha value is -4.20. The van der Waals surface area contributed by atoms with Gasteiger partial charge in [-0.05, 0) is 47.5 Å². The number of Topliss-reactive ketones (excluding diaryl/α,β-unsaturated/α-hetero) is 1. The number of hydrogen-bond acceptors (Lipinski definition) is 7. The lowest BCUT2D eigenvalue weighted by atomic mass is 9.96. The fourth-order valence-corrected chi connectivity index (χ4v) is 3.96. The number of aliphatic hydroxyl groups excluding tert-OH is 1. The molecule has 0 radical (unpaired) electrons. The number of likely N-dealkylation sites (tertiary alicyclic amines) is 1. The number of ketones is 1. The highest BCUT2D eigenvalue weighted by molar-refractivity contribution is 6.46. The van der Waals surface area contributed by atoms with Gasteiger partial charge in [0.15, 0.2) is 11.5 Å². The third kappa shape index (κ3) is 3.45. The van der Waals surface area contributed by atoms with Gasteiger partial charge in [0.2, 0.25) is 0 Å². The summed E-state index contributed by atoms with van der Waals surface area (Å²) in [5.41, 5.74) is 1.81. The molecule has 1 N–H and O–H groups in total. The molecule has 4 heterocycles. The standard InChI is InChI=1S/C24H19N3O5/c28-22(16-3-4-18-19(12-16)32-11-10-31-18)20-21(17-2-1-7-26-13-17)27(24(30)23(20)29)14-15-5-8-25-9-6-15/h1-9,12-13,21,28H,10-11,14H2/b22-20-. The summed E-state index contributed by atoms with van der Waals surface area (Å²) in [7, 11) is 0. The van der Waals surface area contributed by atoms with Crippen LogP contribution in [0, 0.1) is 0 Å². The van der Waals surface area contributed by atoms with E-state index in [9.17, 15) is 14.7 Å². The molecule has 32 heavy (non-hydrogen) atoms. The molecule has 160 valence electrons. The summed E-state index contributed by atoms with van der Waals surface area (Å²) in [5.74, 6) is -0.666. The van der Waals surface area contributed by atoms with Crippen LogP contribution in [0.2, 0.25) is 0 Å². The number of pyridine rings is 2. The number of rotatable bonds is 4. The second-order valence-electron chi connectivity index (χ2n) is 7.43. The molecule has 8 nitrogen and oxygen atoms in total. The van der Waals surface area contributed by atoms with Crippen molar-refractivity contribution in [3.63, 3.8) is 0 Å². The van der Waals surface area contributed by atoms with Crippen LogP contribution in [0.3, 0.4) is 0 Å². The van der Waals surface area contributed by atoms with Crippen LogP contribution in [-0.4, -0.2) is 44.9 Å². The molecule has 3 aromatic rings. The van der Waals surface area contributed by atoms with Crippen molar-refractivity contribution in [3.8, 4) is 11.5 Å². The van der Waals surface area contributed by atoms with E-state index in [1.54, 1.807) is 67.3 Å². The number of carbonyl (C=O) groups is 2. The first-order chi connectivity index (χ1) is 15.6. The lowest BCUT2D eigenvalue weighted by Gasteiger charge is -2.25. The van der Waals surface area contributed by atoms with Crippen LogP contribution in [0.25, 0.3) is 5.76 Å². The van der Waals surface area contributed by atoms with Gasteiger partial charge in [0.05, 0.1) is 11.6 Å². The molecule has 1 unspecified atom stereocenters. The van der Waals surface area contributed by atoms with Gasteiger partial charge < -0.3 is 19.5 Å². The molecule has 2 aliphatic rings. The molecule has 1 amide bonds. The third-order valence-electron chi connectivity index (χ3n) is 5.46. The Balaban J connectivity index is 1.62. The van der Waals surface area contributed by atoms with Crippen LogP contribution in [0.1, 0.15) is 22.7 Å². The van der Waals surface area contributed by atoms with Gasteiger partial charge in [-0.3, -0.25) is 19.6 Å². The van der Waals surface area contributed by atoms with E-state index in [-0.39, 0.29) is 17.9 Å². The lowest BCUT2D eigenvalue weighted by Crippen LogP contribution is -2.29. The summed E-state index contributed by atoms with van der Waals surface area (Å²) < 4.78 is 11.1. The van der Waals surface area contributed by atoms with Crippen molar-refractivity contribution in [1.82, 2.24) is 14.9 Å². The number of hydrogen-bond donors (Lipinski definition) is 1. The molecule has 0 bridgehead atoms. The molecule has 1 atom stereocenters. The second-order valence-corrected chi connectivity index (χ2v) is 7.43. The zero-order chi connectivity index (χ0) is 22.1. The molecular weight excluding hydrogens is 410 g/mol. The second kappa shape index (κ2) is 8.14. The molecule has 0 aliphatic carbocycles. The van der Waals surface area contributed by atoms with Crippen LogP contribution in [-0.2, 0) is 16.1 Å². The van der Waals surface area contributed by atoms with Crippen LogP contribution in [0.4, 0.5) is 0 Å². The fraction of sp³-hybridized carbons (Fsp3) is 0.167. The Bertz CT molecular complexity index is 1210. The van der Waals surface area contributed by atoms with E-state index in [1.807, 2.05) is 0 Å². The number of aromatic nitrogens is 2. The normalized spacial score (nSPS) is 19.2. The van der Waals surface area contributed by atoms with Crippen LogP contribution in [0.5, 0.6) is 11.5 Å². The van der Waals surface area contributed by atoms with Gasteiger partial charge >= 0.3 is 0 Å². The molecule has 1 saturated heterocycles. The smallest absolute Gasteiger partial charge is 0.295 e. The average Bonchev–Trinajstić information content (AvgIpc) is 3.09. The highest BCUT2D eigenvalue weighted by atomic mass is 16.6. The van der Waals surface area contributed by atoms with E-state index in [0.29, 0.717) is 35.8 Å². The number of carbonyl (C=O) groups excluding carboxylic acids is 2. The van der Waals surface area contributed by atoms with E-state index >= 15 is 0 Å². The van der Waals surface area contributed by atoms with Crippen molar-refractivity contribution < 1.29 is 24.2 Å². The average molecular weight is 429 g/mol. The van der Waals surface area contributed by atoms with Crippen molar-refractivity contribution in [2.75, 3.05) is 13.2 Å². The maximum Gasteiger partial charge on any atom is 0.295 e. The first-order valence-electron chi connectivity index (χ1n) is 10.1. The predicted octanol–water partition coefficient (Wildman–Crippen LogP) is 2.87. The highest BCUT2D eigenvalue weighted by Crippen LogP contribution is 2.41. The van der Waals surface area contributed by atoms with Crippen molar-refractivity contribution >= 4 is 17.4 Å². The molecule has 2 aliphatic heterocycles. The SMILES string of the molecule is O=C1C(=O)N(Cc2ccncc2)C(c2cccnc2)/C1=C(/O)c1ccc2c(c1)OCCO2. The Morgan fingerprint density at radius 3 is 2.53 bits per heavy atom. The molecule has 0 spiro atoms. The predicted molar refractivity (Wildman–Crippen MR) is 114 cm³/mol. The van der Waals surface area contributed by atoms with Gasteiger partial charge in [-0.25, -0.2) is 0 Å². The van der Waals surface area contributed by atoms with E-state index in [4.69, 9.17) is 9.47 Å². The van der Waals surface area contributed by atoms with Crippen LogP contribution < -0.4 is 9.47 Å². The van der Waals surface area contributed by atoms with E-state index in [2.05, 4.69) is 9.97 Å². The molecule has 2 aromatic heterocycles. The number of ether oxygens (including phenoxy) is 2. The first kappa shape index (κ1) is 19.7. The van der Waals surface area contributed by atoms with Crippen molar-refractivity contribution in [3.05, 3.63) is 89.5 Å². The van der Waals surface area contributed by atoms with Gasteiger partial charge in [-0.1, -0.05) is 6.07 Å². The number of fused-ring (bicyclic) bond motifs is 1. The van der Waals surface area contributed by atoms with Crippen LogP contribution in [0.15, 0.2) is 72.8 Å². The monoisotopic (exact) mass is 429 g/mol. The summed E-state index contributed by atoms with van der Waals surface area (Å²) >= 11 is 0. The Morgan fingerprint density at radius 2 is 1.78 bits per heavy atom. The lowest BCUT2D eigenvalue weighted by molar-refractivity contribution is -0.140. The van der Waals surface area contributed by atoms with Crippen LogP contribution >= 0.6 is 0 Å². The zero-order valence-electron chi connectivity index (χ0n) is 17.0. The molecular formula is C24H19N3O5. The Labute approximate surface area is 183 Å². The highest BCUT2D eigenvalue weighted by Gasteiger charge is 2.46. The summed E-state index contributed by atoms with van der Waals surface area (Å²) in [6, 6.07) is 11.2. The first-order valence-corrected chi connectivity index (χ1v) is 10.1. The summed E-state index contributed by atoms with van der Waals surface area (Å²) in [6.45, 7) is 1.02. The molecule has 1 fully saturated rings. The maximum absolute atomic E-state index is 13.1. The quantitative estimate of drug-likeness (QED) is 0.387. The fourth-order valence-electron chi connectivity index (χ4n) is 3.96. The van der Waals surface area contributed by atoms with Gasteiger partial charge in [0.25, 0.3) is 11.7 Å². The maximum atomic E-state index is 13.1. The molecule has 0 saturated carbocycles. The van der Waals surface area contributed by atoms with Crippen molar-refractivity contribution in [2.24, 2.45) is 0 Å². The van der Waals surface area contributed by atoms with E-state index in [0.717, 1.165) is 5.56 Å². The summed E-state index contributed by atoms with van der Waals surface area (Å²) in [5, 5.41) is 11.2. The number of benzene rings is 1. The van der Waals surface area contributed by atoms with Crippen molar-refractivity contribution in [1.29, 1.82) is 0 Å². The number of nitrogens with zero attached hydrogens (tertiary/aromatic N) is 3. The Kier molecular flexibility index (Phi) is 5.03. The largest absolute Gasteiger partial charge is 0.507 e. The van der Waals surface area contributed by atoms with Gasteiger partial charge in [-0.15, -0.1) is 0 Å². The molecule has 8 heteroatoms. The topological polar surface area (TPSA) is 102 Å². The third-order valence-corrected chi connectivity index (χ3v) is 5.46. The summed E-state index contributed by atoms with van der Waals surface area (Å²) in [4.78, 5) is 35.7. The van der Waals surface area contributed by atoms with Gasteiger partial charge in [0.1, 0.15) is 19.0 Å². The minimum atomic E-state index is -0.787. The van der Waals surface area contributed by atoms with Crippen molar-refractivity contribution in [2.45, 2.75) is 12.6 Å². The molecule has 5 rings (SSSR count). The number of aliphatic hydroxyl groups is 1. The van der Waals surface area contributed by atoms with E-state index in [1.165, 1.54) is 4.90 Å². The Morgan fingerprint density at radius 1 is 1.00 bits per heavy atom. The molecule has 1 aromatic carbocycles. The van der Waals surface area contributed by atoms with E-state index < -0.39 is 17.7 Å². The van der Waals surface area contributed by atoms with Gasteiger partial charge in [-0.2, -0.15) is 0 Å². The van der Waals surface area contributed by atoms with Gasteiger partial charge in [0, 0.05) is 36.9 Å². The minimum absolute atomic E-state index is 0.00809.